The van der Waals surface area contributed by atoms with Gasteiger partial charge in [0, 0.05) is 38.1 Å². The summed E-state index contributed by atoms with van der Waals surface area (Å²) in [6.45, 7) is 4.21. The van der Waals surface area contributed by atoms with Crippen molar-refractivity contribution in [3.8, 4) is 5.75 Å². The van der Waals surface area contributed by atoms with Crippen molar-refractivity contribution in [1.29, 1.82) is 5.41 Å². The first kappa shape index (κ1) is 28.4. The van der Waals surface area contributed by atoms with Crippen LogP contribution in [-0.4, -0.2) is 50.8 Å². The van der Waals surface area contributed by atoms with Gasteiger partial charge in [0.1, 0.15) is 12.4 Å². The summed E-state index contributed by atoms with van der Waals surface area (Å²) in [5.41, 5.74) is 13.0. The summed E-state index contributed by atoms with van der Waals surface area (Å²) in [4.78, 5) is 13.1. The highest BCUT2D eigenvalue weighted by Crippen LogP contribution is 2.35. The number of allylic oxidation sites excluding steroid dienone is 1. The molecule has 0 atom stereocenters. The lowest BCUT2D eigenvalue weighted by Crippen LogP contribution is -2.22. The Labute approximate surface area is 226 Å². The first-order valence-electron chi connectivity index (χ1n) is 12.9. The number of rotatable bonds is 13. The van der Waals surface area contributed by atoms with E-state index in [1.54, 1.807) is 25.1 Å². The van der Waals surface area contributed by atoms with Gasteiger partial charge in [-0.3, -0.25) is 4.79 Å². The number of amides is 1. The second-order valence-corrected chi connectivity index (χ2v) is 9.11. The molecule has 0 bridgehead atoms. The standard InChI is InChI=1S/C32H38N4O2/c1-4-29(24-10-6-5-7-11-24)32(26-15-18-30(34)27(22-26)23-33)25-13-16-28(17-14-25)38-21-20-35-19-9-8-12-31(37)36(2)3/h5-8,10-18,22-23,33,35H,4,9,19-21,34H2,1-3H3. The van der Waals surface area contributed by atoms with Crippen molar-refractivity contribution >= 4 is 29.0 Å². The van der Waals surface area contributed by atoms with E-state index in [1.807, 2.05) is 42.5 Å². The quantitative estimate of drug-likeness (QED) is 0.0913. The number of carbonyl (C=O) groups excluding carboxylic acids is 1. The number of nitrogen functional groups attached to an aromatic ring is 1. The smallest absolute Gasteiger partial charge is 0.245 e. The average molecular weight is 511 g/mol. The van der Waals surface area contributed by atoms with Crippen molar-refractivity contribution in [2.24, 2.45) is 0 Å². The fourth-order valence-electron chi connectivity index (χ4n) is 4.14. The minimum atomic E-state index is -0.00355. The van der Waals surface area contributed by atoms with Crippen molar-refractivity contribution < 1.29 is 9.53 Å². The maximum absolute atomic E-state index is 11.5. The van der Waals surface area contributed by atoms with Gasteiger partial charge in [-0.25, -0.2) is 0 Å². The molecule has 0 aliphatic carbocycles. The third-order valence-corrected chi connectivity index (χ3v) is 6.19. The molecule has 6 heteroatoms. The lowest BCUT2D eigenvalue weighted by Gasteiger charge is -2.18. The molecule has 0 aromatic heterocycles. The largest absolute Gasteiger partial charge is 0.492 e. The Morgan fingerprint density at radius 2 is 1.68 bits per heavy atom. The second kappa shape index (κ2) is 14.5. The molecule has 0 aliphatic heterocycles. The lowest BCUT2D eigenvalue weighted by atomic mass is 9.87. The number of anilines is 1. The molecule has 38 heavy (non-hydrogen) atoms. The number of hydrogen-bond donors (Lipinski definition) is 3. The van der Waals surface area contributed by atoms with Crippen molar-refractivity contribution in [3.05, 3.63) is 107 Å². The lowest BCUT2D eigenvalue weighted by molar-refractivity contribution is -0.123. The van der Waals surface area contributed by atoms with E-state index in [1.165, 1.54) is 17.4 Å². The van der Waals surface area contributed by atoms with Crippen LogP contribution >= 0.6 is 0 Å². The summed E-state index contributed by atoms with van der Waals surface area (Å²) < 4.78 is 5.94. The Balaban J connectivity index is 1.72. The Hall–Kier alpha value is -4.16. The van der Waals surface area contributed by atoms with E-state index in [2.05, 4.69) is 48.6 Å². The van der Waals surface area contributed by atoms with Crippen LogP contribution in [-0.2, 0) is 4.79 Å². The van der Waals surface area contributed by atoms with Gasteiger partial charge in [0.25, 0.3) is 0 Å². The van der Waals surface area contributed by atoms with Crippen LogP contribution in [0.1, 0.15) is 42.0 Å². The van der Waals surface area contributed by atoms with Crippen molar-refractivity contribution in [1.82, 2.24) is 10.2 Å². The van der Waals surface area contributed by atoms with Crippen LogP contribution < -0.4 is 15.8 Å². The predicted octanol–water partition coefficient (Wildman–Crippen LogP) is 5.64. The van der Waals surface area contributed by atoms with E-state index in [4.69, 9.17) is 15.9 Å². The molecule has 3 aromatic rings. The summed E-state index contributed by atoms with van der Waals surface area (Å²) in [7, 11) is 3.48. The highest BCUT2D eigenvalue weighted by molar-refractivity contribution is 6.00. The van der Waals surface area contributed by atoms with E-state index in [0.29, 0.717) is 24.4 Å². The Morgan fingerprint density at radius 1 is 0.974 bits per heavy atom. The van der Waals surface area contributed by atoms with Gasteiger partial charge in [-0.1, -0.05) is 61.5 Å². The SMILES string of the molecule is CCC(=C(c1ccc(OCCNCCC=CC(=O)N(C)C)cc1)c1ccc(N)c(C=N)c1)c1ccccc1. The summed E-state index contributed by atoms with van der Waals surface area (Å²) in [6, 6.07) is 24.4. The maximum Gasteiger partial charge on any atom is 0.245 e. The van der Waals surface area contributed by atoms with E-state index in [0.717, 1.165) is 41.8 Å². The number of benzene rings is 3. The predicted molar refractivity (Wildman–Crippen MR) is 159 cm³/mol. The first-order chi connectivity index (χ1) is 18.4. The Bertz CT molecular complexity index is 1260. The molecular weight excluding hydrogens is 472 g/mol. The number of likely N-dealkylation sites (N-methyl/N-ethyl adjacent to an activating group) is 1. The minimum absolute atomic E-state index is 0.00355. The number of carbonyl (C=O) groups is 1. The van der Waals surface area contributed by atoms with E-state index in [9.17, 15) is 4.79 Å². The van der Waals surface area contributed by atoms with Gasteiger partial charge in [0.2, 0.25) is 5.91 Å². The molecule has 3 aromatic carbocycles. The molecule has 0 saturated carbocycles. The van der Waals surface area contributed by atoms with Crippen LogP contribution in [0.2, 0.25) is 0 Å². The molecule has 0 fully saturated rings. The van der Waals surface area contributed by atoms with Gasteiger partial charge in [-0.15, -0.1) is 0 Å². The number of hydrogen-bond acceptors (Lipinski definition) is 5. The third kappa shape index (κ3) is 7.92. The monoisotopic (exact) mass is 510 g/mol. The summed E-state index contributed by atoms with van der Waals surface area (Å²) in [5.74, 6) is 0.804. The molecule has 0 aliphatic rings. The van der Waals surface area contributed by atoms with Gasteiger partial charge < -0.3 is 26.1 Å². The van der Waals surface area contributed by atoms with Crippen LogP contribution in [0, 0.1) is 5.41 Å². The molecule has 0 saturated heterocycles. The molecule has 0 spiro atoms. The second-order valence-electron chi connectivity index (χ2n) is 9.11. The fraction of sp³-hybridized carbons (Fsp3) is 0.250. The van der Waals surface area contributed by atoms with Gasteiger partial charge in [-0.05, 0) is 77.6 Å². The number of ether oxygens (including phenoxy) is 1. The molecule has 1 amide bonds. The zero-order valence-electron chi connectivity index (χ0n) is 22.5. The molecule has 198 valence electrons. The zero-order chi connectivity index (χ0) is 27.3. The van der Waals surface area contributed by atoms with E-state index < -0.39 is 0 Å². The molecule has 4 N–H and O–H groups in total. The van der Waals surface area contributed by atoms with E-state index in [-0.39, 0.29) is 5.91 Å². The average Bonchev–Trinajstić information content (AvgIpc) is 2.94. The zero-order valence-corrected chi connectivity index (χ0v) is 22.5. The third-order valence-electron chi connectivity index (χ3n) is 6.19. The van der Waals surface area contributed by atoms with Crippen LogP contribution in [0.3, 0.4) is 0 Å². The fourth-order valence-corrected chi connectivity index (χ4v) is 4.14. The van der Waals surface area contributed by atoms with E-state index >= 15 is 0 Å². The molecule has 0 heterocycles. The van der Waals surface area contributed by atoms with Gasteiger partial charge in [0.05, 0.1) is 0 Å². The molecule has 6 nitrogen and oxygen atoms in total. The van der Waals surface area contributed by atoms with Crippen LogP contribution in [0.5, 0.6) is 5.75 Å². The van der Waals surface area contributed by atoms with Crippen LogP contribution in [0.15, 0.2) is 84.9 Å². The van der Waals surface area contributed by atoms with Gasteiger partial charge >= 0.3 is 0 Å². The van der Waals surface area contributed by atoms with Gasteiger partial charge in [0.15, 0.2) is 0 Å². The van der Waals surface area contributed by atoms with Crippen LogP contribution in [0.4, 0.5) is 5.69 Å². The van der Waals surface area contributed by atoms with Crippen molar-refractivity contribution in [3.63, 3.8) is 0 Å². The first-order valence-corrected chi connectivity index (χ1v) is 12.9. The molecule has 3 rings (SSSR count). The minimum Gasteiger partial charge on any atom is -0.492 e. The topological polar surface area (TPSA) is 91.4 Å². The van der Waals surface area contributed by atoms with Gasteiger partial charge in [-0.2, -0.15) is 0 Å². The maximum atomic E-state index is 11.5. The molecule has 0 radical (unpaired) electrons. The van der Waals surface area contributed by atoms with Crippen molar-refractivity contribution in [2.45, 2.75) is 19.8 Å². The Morgan fingerprint density at radius 3 is 2.34 bits per heavy atom. The number of nitrogens with two attached hydrogens (primary N) is 1. The number of nitrogens with zero attached hydrogens (tertiary/aromatic N) is 1. The van der Waals surface area contributed by atoms with Crippen LogP contribution in [0.25, 0.3) is 11.1 Å². The Kier molecular flexibility index (Phi) is 10.9. The highest BCUT2D eigenvalue weighted by Gasteiger charge is 2.14. The summed E-state index contributed by atoms with van der Waals surface area (Å²) in [6.07, 6.45) is 6.42. The number of nitrogens with one attached hydrogen (secondary N) is 2. The summed E-state index contributed by atoms with van der Waals surface area (Å²) in [5, 5.41) is 11.1. The molecular formula is C32H38N4O2. The highest BCUT2D eigenvalue weighted by atomic mass is 16.5. The molecule has 0 unspecified atom stereocenters. The van der Waals surface area contributed by atoms with Crippen molar-refractivity contribution in [2.75, 3.05) is 39.5 Å². The summed E-state index contributed by atoms with van der Waals surface area (Å²) >= 11 is 0. The normalized spacial score (nSPS) is 11.8.